The molecule has 0 radical (unpaired) electrons. The Morgan fingerprint density at radius 3 is 2.18 bits per heavy atom. The normalized spacial score (nSPS) is 21.3. The lowest BCUT2D eigenvalue weighted by atomic mass is 9.67. The molecule has 1 saturated carbocycles. The van der Waals surface area contributed by atoms with Crippen LogP contribution in [0.25, 0.3) is 0 Å². The third kappa shape index (κ3) is 5.20. The highest BCUT2D eigenvalue weighted by Gasteiger charge is 2.38. The third-order valence-corrected chi connectivity index (χ3v) is 7.36. The number of ether oxygens (including phenoxy) is 1. The number of hydrogen-bond donors (Lipinski definition) is 0. The van der Waals surface area contributed by atoms with Crippen LogP contribution in [0.4, 0.5) is 0 Å². The van der Waals surface area contributed by atoms with Crippen LogP contribution in [-0.4, -0.2) is 31.1 Å². The highest BCUT2D eigenvalue weighted by molar-refractivity contribution is 5.32. The van der Waals surface area contributed by atoms with E-state index < -0.39 is 0 Å². The van der Waals surface area contributed by atoms with Crippen molar-refractivity contribution in [3.05, 3.63) is 41.5 Å². The zero-order valence-electron chi connectivity index (χ0n) is 18.9. The molecule has 1 saturated heterocycles. The van der Waals surface area contributed by atoms with E-state index in [0.29, 0.717) is 11.5 Å². The number of hydrogen-bond acceptors (Lipinski definition) is 2. The molecule has 1 atom stereocenters. The number of likely N-dealkylation sites (tertiary alicyclic amines) is 1. The van der Waals surface area contributed by atoms with Crippen molar-refractivity contribution in [1.82, 2.24) is 4.90 Å². The van der Waals surface area contributed by atoms with Gasteiger partial charge in [-0.2, -0.15) is 0 Å². The largest absolute Gasteiger partial charge is 0.497 e. The summed E-state index contributed by atoms with van der Waals surface area (Å²) in [6.07, 6.45) is 13.8. The molecule has 2 aliphatic rings. The molecule has 2 fully saturated rings. The van der Waals surface area contributed by atoms with Gasteiger partial charge in [-0.15, -0.1) is 0 Å². The van der Waals surface area contributed by atoms with E-state index in [1.807, 2.05) is 0 Å². The first-order chi connectivity index (χ1) is 13.3. The highest BCUT2D eigenvalue weighted by Crippen LogP contribution is 2.45. The first-order valence-corrected chi connectivity index (χ1v) is 11.4. The average Bonchev–Trinajstić information content (AvgIpc) is 2.68. The van der Waals surface area contributed by atoms with Crippen LogP contribution >= 0.6 is 0 Å². The van der Waals surface area contributed by atoms with Crippen LogP contribution < -0.4 is 4.74 Å². The summed E-state index contributed by atoms with van der Waals surface area (Å²) in [6.45, 7) is 11.8. The minimum Gasteiger partial charge on any atom is -0.497 e. The molecule has 0 aromatic heterocycles. The number of methoxy groups -OCH3 is 1. The molecule has 1 aromatic carbocycles. The first kappa shape index (κ1) is 21.4. The van der Waals surface area contributed by atoms with E-state index in [1.54, 1.807) is 7.11 Å². The summed E-state index contributed by atoms with van der Waals surface area (Å²) in [4.78, 5) is 2.78. The Labute approximate surface area is 173 Å². The van der Waals surface area contributed by atoms with Crippen LogP contribution in [-0.2, 0) is 5.41 Å². The second kappa shape index (κ2) is 9.03. The van der Waals surface area contributed by atoms with E-state index in [-0.39, 0.29) is 5.41 Å². The SMILES string of the molecule is COc1ccc(C(C)(C)CC(C=C(C)C)N2CCC3(CCCCC3)CC2)cc1. The summed E-state index contributed by atoms with van der Waals surface area (Å²) in [7, 11) is 1.74. The number of rotatable bonds is 6. The van der Waals surface area contributed by atoms with Gasteiger partial charge in [0.05, 0.1) is 7.11 Å². The highest BCUT2D eigenvalue weighted by atomic mass is 16.5. The molecular weight excluding hydrogens is 342 g/mol. The molecule has 0 N–H and O–H groups in total. The van der Waals surface area contributed by atoms with Gasteiger partial charge >= 0.3 is 0 Å². The van der Waals surface area contributed by atoms with Crippen molar-refractivity contribution >= 4 is 0 Å². The Balaban J connectivity index is 1.70. The molecule has 1 aliphatic carbocycles. The van der Waals surface area contributed by atoms with Crippen LogP contribution in [0.1, 0.15) is 84.6 Å². The maximum absolute atomic E-state index is 5.35. The summed E-state index contributed by atoms with van der Waals surface area (Å²) < 4.78 is 5.35. The van der Waals surface area contributed by atoms with E-state index in [1.165, 1.54) is 69.2 Å². The van der Waals surface area contributed by atoms with Crippen molar-refractivity contribution in [2.45, 2.75) is 90.5 Å². The fraction of sp³-hybridized carbons (Fsp3) is 0.692. The molecule has 156 valence electrons. The van der Waals surface area contributed by atoms with E-state index in [0.717, 1.165) is 12.2 Å². The Hall–Kier alpha value is -1.28. The Morgan fingerprint density at radius 2 is 1.64 bits per heavy atom. The fourth-order valence-corrected chi connectivity index (χ4v) is 5.49. The van der Waals surface area contributed by atoms with Gasteiger partial charge in [0, 0.05) is 6.04 Å². The topological polar surface area (TPSA) is 12.5 Å². The standard InChI is InChI=1S/C26H41NO/c1-21(2)19-23(20-25(3,4)22-9-11-24(28-5)12-10-22)27-17-15-26(16-18-27)13-7-6-8-14-26/h9-12,19,23H,6-8,13-18,20H2,1-5H3. The Kier molecular flexibility index (Phi) is 6.91. The van der Waals surface area contributed by atoms with Crippen molar-refractivity contribution in [3.63, 3.8) is 0 Å². The molecule has 3 rings (SSSR count). The van der Waals surface area contributed by atoms with Gasteiger partial charge in [0.2, 0.25) is 0 Å². The van der Waals surface area contributed by atoms with Gasteiger partial charge in [0.25, 0.3) is 0 Å². The summed E-state index contributed by atoms with van der Waals surface area (Å²) in [5.74, 6) is 0.939. The van der Waals surface area contributed by atoms with E-state index in [9.17, 15) is 0 Å². The zero-order valence-corrected chi connectivity index (χ0v) is 18.9. The van der Waals surface area contributed by atoms with Crippen molar-refractivity contribution < 1.29 is 4.74 Å². The predicted octanol–water partition coefficient (Wildman–Crippen LogP) is 6.74. The minimum atomic E-state index is 0.142. The number of benzene rings is 1. The average molecular weight is 384 g/mol. The molecule has 1 aromatic rings. The second-order valence-corrected chi connectivity index (χ2v) is 10.2. The van der Waals surface area contributed by atoms with Gasteiger partial charge in [0.1, 0.15) is 5.75 Å². The lowest BCUT2D eigenvalue weighted by Crippen LogP contribution is -2.47. The number of nitrogens with zero attached hydrogens (tertiary/aromatic N) is 1. The molecular formula is C26H41NO. The van der Waals surface area contributed by atoms with E-state index in [2.05, 4.69) is 62.9 Å². The van der Waals surface area contributed by atoms with Crippen LogP contribution in [0.15, 0.2) is 35.9 Å². The lowest BCUT2D eigenvalue weighted by Gasteiger charge is -2.47. The molecule has 1 heterocycles. The van der Waals surface area contributed by atoms with Gasteiger partial charge in [-0.05, 0) is 87.6 Å². The van der Waals surface area contributed by atoms with Gasteiger partial charge in [-0.25, -0.2) is 0 Å². The van der Waals surface area contributed by atoms with Crippen LogP contribution in [0, 0.1) is 5.41 Å². The van der Waals surface area contributed by atoms with Crippen molar-refractivity contribution in [1.29, 1.82) is 0 Å². The van der Waals surface area contributed by atoms with Crippen LogP contribution in [0.2, 0.25) is 0 Å². The van der Waals surface area contributed by atoms with Gasteiger partial charge in [-0.3, -0.25) is 4.90 Å². The quantitative estimate of drug-likeness (QED) is 0.504. The van der Waals surface area contributed by atoms with Crippen molar-refractivity contribution in [3.8, 4) is 5.75 Å². The molecule has 1 spiro atoms. The summed E-state index contributed by atoms with van der Waals surface area (Å²) in [6, 6.07) is 9.21. The molecule has 28 heavy (non-hydrogen) atoms. The van der Waals surface area contributed by atoms with Crippen LogP contribution in [0.5, 0.6) is 5.75 Å². The molecule has 0 bridgehead atoms. The van der Waals surface area contributed by atoms with Crippen molar-refractivity contribution in [2.75, 3.05) is 20.2 Å². The van der Waals surface area contributed by atoms with Gasteiger partial charge in [0.15, 0.2) is 0 Å². The second-order valence-electron chi connectivity index (χ2n) is 10.2. The smallest absolute Gasteiger partial charge is 0.118 e. The molecule has 1 unspecified atom stereocenters. The predicted molar refractivity (Wildman–Crippen MR) is 120 cm³/mol. The van der Waals surface area contributed by atoms with E-state index in [4.69, 9.17) is 4.74 Å². The summed E-state index contributed by atoms with van der Waals surface area (Å²) >= 11 is 0. The molecule has 2 heteroatoms. The molecule has 2 nitrogen and oxygen atoms in total. The fourth-order valence-electron chi connectivity index (χ4n) is 5.49. The maximum atomic E-state index is 5.35. The summed E-state index contributed by atoms with van der Waals surface area (Å²) in [5, 5.41) is 0. The van der Waals surface area contributed by atoms with E-state index >= 15 is 0 Å². The van der Waals surface area contributed by atoms with Gasteiger partial charge < -0.3 is 4.74 Å². The zero-order chi connectivity index (χ0) is 20.2. The monoisotopic (exact) mass is 383 g/mol. The number of piperidine rings is 1. The van der Waals surface area contributed by atoms with Crippen LogP contribution in [0.3, 0.4) is 0 Å². The third-order valence-electron chi connectivity index (χ3n) is 7.36. The number of allylic oxidation sites excluding steroid dienone is 1. The minimum absolute atomic E-state index is 0.142. The Bertz CT molecular complexity index is 638. The molecule has 0 amide bonds. The Morgan fingerprint density at radius 1 is 1.04 bits per heavy atom. The molecule has 1 aliphatic heterocycles. The van der Waals surface area contributed by atoms with Gasteiger partial charge in [-0.1, -0.05) is 56.9 Å². The maximum Gasteiger partial charge on any atom is 0.118 e. The first-order valence-electron chi connectivity index (χ1n) is 11.4. The summed E-state index contributed by atoms with van der Waals surface area (Å²) in [5.41, 5.74) is 3.66. The lowest BCUT2D eigenvalue weighted by molar-refractivity contribution is 0.0490. The van der Waals surface area contributed by atoms with Crippen molar-refractivity contribution in [2.24, 2.45) is 5.41 Å².